The third kappa shape index (κ3) is 2.91. The number of amides is 1. The molecule has 0 spiro atoms. The van der Waals surface area contributed by atoms with Crippen LogP contribution in [0.3, 0.4) is 0 Å². The highest BCUT2D eigenvalue weighted by Gasteiger charge is 2.19. The van der Waals surface area contributed by atoms with Crippen LogP contribution in [-0.4, -0.2) is 53.9 Å². The van der Waals surface area contributed by atoms with E-state index in [0.717, 1.165) is 32.6 Å². The van der Waals surface area contributed by atoms with Gasteiger partial charge in [0.15, 0.2) is 0 Å². The van der Waals surface area contributed by atoms with E-state index in [-0.39, 0.29) is 11.7 Å². The average molecular weight is 269 g/mol. The Labute approximate surface area is 112 Å². The molecule has 6 heteroatoms. The van der Waals surface area contributed by atoms with Crippen molar-refractivity contribution in [3.05, 3.63) is 22.8 Å². The van der Waals surface area contributed by atoms with Gasteiger partial charge in [0.25, 0.3) is 5.91 Å². The van der Waals surface area contributed by atoms with Crippen molar-refractivity contribution in [1.82, 2.24) is 14.8 Å². The number of carbonyl (C=O) groups excluding carboxylic acids is 1. The minimum atomic E-state index is -0.0281. The molecule has 1 aliphatic rings. The highest BCUT2D eigenvalue weighted by Crippen LogP contribution is 2.18. The summed E-state index contributed by atoms with van der Waals surface area (Å²) in [6, 6.07) is 1.58. The van der Waals surface area contributed by atoms with E-state index in [0.29, 0.717) is 10.6 Å². The number of nitrogens with zero attached hydrogens (tertiary/aromatic N) is 3. The first kappa shape index (κ1) is 13.1. The van der Waals surface area contributed by atoms with Crippen LogP contribution in [0, 0.1) is 0 Å². The third-order valence-electron chi connectivity index (χ3n) is 3.12. The first-order valence-electron chi connectivity index (χ1n) is 5.97. The van der Waals surface area contributed by atoms with Crippen LogP contribution in [0.5, 0.6) is 0 Å². The summed E-state index contributed by atoms with van der Waals surface area (Å²) in [4.78, 5) is 20.3. The minimum absolute atomic E-state index is 0.0281. The van der Waals surface area contributed by atoms with Gasteiger partial charge in [0.1, 0.15) is 5.82 Å². The Kier molecular flexibility index (Phi) is 4.04. The van der Waals surface area contributed by atoms with Crippen LogP contribution in [0.25, 0.3) is 0 Å². The van der Waals surface area contributed by atoms with E-state index >= 15 is 0 Å². The van der Waals surface area contributed by atoms with Crippen LogP contribution in [0.15, 0.2) is 12.3 Å². The van der Waals surface area contributed by atoms with E-state index in [1.807, 2.05) is 4.90 Å². The predicted molar refractivity (Wildman–Crippen MR) is 71.7 cm³/mol. The lowest BCUT2D eigenvalue weighted by molar-refractivity contribution is 0.0762. The van der Waals surface area contributed by atoms with Crippen LogP contribution in [0.4, 0.5) is 5.82 Å². The smallest absolute Gasteiger partial charge is 0.255 e. The van der Waals surface area contributed by atoms with Gasteiger partial charge >= 0.3 is 0 Å². The van der Waals surface area contributed by atoms with E-state index in [9.17, 15) is 4.79 Å². The predicted octanol–water partition coefficient (Wildman–Crippen LogP) is 1.09. The number of aromatic nitrogens is 1. The zero-order chi connectivity index (χ0) is 13.1. The molecule has 1 saturated heterocycles. The molecule has 98 valence electrons. The van der Waals surface area contributed by atoms with Gasteiger partial charge in [0.05, 0.1) is 10.6 Å². The highest BCUT2D eigenvalue weighted by atomic mass is 35.5. The molecular weight excluding hydrogens is 252 g/mol. The zero-order valence-electron chi connectivity index (χ0n) is 10.4. The molecule has 18 heavy (non-hydrogen) atoms. The number of likely N-dealkylation sites (N-methyl/N-ethyl adjacent to an activating group) is 1. The summed E-state index contributed by atoms with van der Waals surface area (Å²) >= 11 is 5.89. The first-order valence-corrected chi connectivity index (χ1v) is 6.34. The molecule has 2 N–H and O–H groups in total. The molecule has 0 atom stereocenters. The normalized spacial score (nSPS) is 17.6. The minimum Gasteiger partial charge on any atom is -0.382 e. The van der Waals surface area contributed by atoms with E-state index in [2.05, 4.69) is 16.9 Å². The van der Waals surface area contributed by atoms with Crippen molar-refractivity contribution in [2.75, 3.05) is 39.0 Å². The van der Waals surface area contributed by atoms with Gasteiger partial charge in [-0.1, -0.05) is 11.6 Å². The molecule has 0 unspecified atom stereocenters. The molecule has 1 aromatic heterocycles. The summed E-state index contributed by atoms with van der Waals surface area (Å²) in [5.74, 6) is 0.225. The van der Waals surface area contributed by atoms with Crippen molar-refractivity contribution < 1.29 is 4.79 Å². The van der Waals surface area contributed by atoms with Crippen LogP contribution >= 0.6 is 11.6 Å². The Hall–Kier alpha value is -1.33. The molecule has 1 aromatic rings. The number of carbonyl (C=O) groups is 1. The van der Waals surface area contributed by atoms with Crippen molar-refractivity contribution in [3.63, 3.8) is 0 Å². The lowest BCUT2D eigenvalue weighted by Gasteiger charge is -2.20. The van der Waals surface area contributed by atoms with E-state index in [1.165, 1.54) is 6.20 Å². The second kappa shape index (κ2) is 5.54. The average Bonchev–Trinajstić information content (AvgIpc) is 2.57. The van der Waals surface area contributed by atoms with Gasteiger partial charge in [-0.3, -0.25) is 4.79 Å². The maximum atomic E-state index is 12.3. The number of rotatable bonds is 1. The number of pyridine rings is 1. The molecule has 0 aromatic carbocycles. The molecule has 2 rings (SSSR count). The van der Waals surface area contributed by atoms with Gasteiger partial charge in [-0.05, 0) is 26.1 Å². The van der Waals surface area contributed by atoms with Crippen molar-refractivity contribution >= 4 is 23.3 Å². The van der Waals surface area contributed by atoms with Gasteiger partial charge in [-0.2, -0.15) is 0 Å². The Bertz CT molecular complexity index is 452. The van der Waals surface area contributed by atoms with Crippen molar-refractivity contribution in [2.24, 2.45) is 0 Å². The Balaban J connectivity index is 2.12. The molecule has 0 bridgehead atoms. The van der Waals surface area contributed by atoms with Crippen molar-refractivity contribution in [3.8, 4) is 0 Å². The standard InChI is InChI=1S/C12H17ClN4O/c1-16-3-2-4-17(6-5-16)12(18)9-7-10(13)11(14)15-8-9/h7-8H,2-6H2,1H3,(H2,14,15). The number of nitrogens with two attached hydrogens (primary N) is 1. The second-order valence-corrected chi connectivity index (χ2v) is 4.95. The number of halogens is 1. The van der Waals surface area contributed by atoms with Crippen molar-refractivity contribution in [1.29, 1.82) is 0 Å². The maximum Gasteiger partial charge on any atom is 0.255 e. The highest BCUT2D eigenvalue weighted by molar-refractivity contribution is 6.33. The zero-order valence-corrected chi connectivity index (χ0v) is 11.2. The fourth-order valence-electron chi connectivity index (χ4n) is 2.00. The largest absolute Gasteiger partial charge is 0.382 e. The maximum absolute atomic E-state index is 12.3. The van der Waals surface area contributed by atoms with Gasteiger partial charge in [-0.25, -0.2) is 4.98 Å². The van der Waals surface area contributed by atoms with E-state index < -0.39 is 0 Å². The summed E-state index contributed by atoms with van der Waals surface area (Å²) < 4.78 is 0. The van der Waals surface area contributed by atoms with Gasteiger partial charge < -0.3 is 15.5 Å². The van der Waals surface area contributed by atoms with Gasteiger partial charge in [0, 0.05) is 25.8 Å². The van der Waals surface area contributed by atoms with Crippen LogP contribution in [-0.2, 0) is 0 Å². The van der Waals surface area contributed by atoms with Crippen molar-refractivity contribution in [2.45, 2.75) is 6.42 Å². The van der Waals surface area contributed by atoms with Crippen LogP contribution in [0.1, 0.15) is 16.8 Å². The second-order valence-electron chi connectivity index (χ2n) is 4.54. The Morgan fingerprint density at radius 3 is 2.89 bits per heavy atom. The fourth-order valence-corrected chi connectivity index (χ4v) is 2.16. The Morgan fingerprint density at radius 2 is 2.17 bits per heavy atom. The molecule has 0 saturated carbocycles. The van der Waals surface area contributed by atoms with E-state index in [1.54, 1.807) is 6.07 Å². The lowest BCUT2D eigenvalue weighted by Crippen LogP contribution is -2.34. The first-order chi connectivity index (χ1) is 8.58. The monoisotopic (exact) mass is 268 g/mol. The molecule has 2 heterocycles. The lowest BCUT2D eigenvalue weighted by atomic mass is 10.2. The summed E-state index contributed by atoms with van der Waals surface area (Å²) in [6.45, 7) is 3.41. The summed E-state index contributed by atoms with van der Waals surface area (Å²) in [5.41, 5.74) is 6.03. The third-order valence-corrected chi connectivity index (χ3v) is 3.43. The number of hydrogen-bond acceptors (Lipinski definition) is 4. The van der Waals surface area contributed by atoms with Gasteiger partial charge in [0.2, 0.25) is 0 Å². The molecule has 0 radical (unpaired) electrons. The molecule has 0 aliphatic carbocycles. The summed E-state index contributed by atoms with van der Waals surface area (Å²) in [7, 11) is 2.07. The Morgan fingerprint density at radius 1 is 1.39 bits per heavy atom. The quantitative estimate of drug-likeness (QED) is 0.828. The topological polar surface area (TPSA) is 62.5 Å². The molecule has 1 fully saturated rings. The van der Waals surface area contributed by atoms with Gasteiger partial charge in [-0.15, -0.1) is 0 Å². The summed E-state index contributed by atoms with van der Waals surface area (Å²) in [5, 5.41) is 0.327. The molecular formula is C12H17ClN4O. The number of nitrogen functional groups attached to an aromatic ring is 1. The molecule has 5 nitrogen and oxygen atoms in total. The SMILES string of the molecule is CN1CCCN(C(=O)c2cnc(N)c(Cl)c2)CC1. The molecule has 1 amide bonds. The molecule has 1 aliphatic heterocycles. The fraction of sp³-hybridized carbons (Fsp3) is 0.500. The summed E-state index contributed by atoms with van der Waals surface area (Å²) in [6.07, 6.45) is 2.47. The van der Waals surface area contributed by atoms with Crippen LogP contribution in [0.2, 0.25) is 5.02 Å². The number of hydrogen-bond donors (Lipinski definition) is 1. The number of anilines is 1. The van der Waals surface area contributed by atoms with E-state index in [4.69, 9.17) is 17.3 Å². The van der Waals surface area contributed by atoms with Crippen LogP contribution < -0.4 is 5.73 Å².